The number of carbonyl (C=O) groups is 1. The molecular weight excluding hydrogens is 390 g/mol. The van der Waals surface area contributed by atoms with Gasteiger partial charge in [-0.05, 0) is 18.4 Å². The monoisotopic (exact) mass is 421 g/mol. The lowest BCUT2D eigenvalue weighted by Gasteiger charge is -2.17. The molecule has 1 aromatic heterocycles. The maximum atomic E-state index is 12.7. The first-order chi connectivity index (χ1) is 14.7. The third-order valence-corrected chi connectivity index (χ3v) is 6.82. The minimum Gasteiger partial charge on any atom is -0.343 e. The molecule has 1 unspecified atom stereocenters. The van der Waals surface area contributed by atoms with Gasteiger partial charge in [0.15, 0.2) is 6.54 Å². The molecule has 2 heterocycles. The van der Waals surface area contributed by atoms with Crippen molar-refractivity contribution in [3.05, 3.63) is 93.7 Å². The van der Waals surface area contributed by atoms with Crippen molar-refractivity contribution >= 4 is 17.2 Å². The first-order valence-corrected chi connectivity index (χ1v) is 11.7. The summed E-state index contributed by atoms with van der Waals surface area (Å²) < 4.78 is 0. The van der Waals surface area contributed by atoms with E-state index in [0.717, 1.165) is 26.1 Å². The summed E-state index contributed by atoms with van der Waals surface area (Å²) >= 11 is 1.75. The van der Waals surface area contributed by atoms with Gasteiger partial charge < -0.3 is 15.5 Å². The van der Waals surface area contributed by atoms with Gasteiger partial charge in [-0.2, -0.15) is 0 Å². The summed E-state index contributed by atoms with van der Waals surface area (Å²) in [7, 11) is 0. The van der Waals surface area contributed by atoms with Crippen LogP contribution < -0.4 is 15.5 Å². The van der Waals surface area contributed by atoms with E-state index in [1.54, 1.807) is 16.2 Å². The highest BCUT2D eigenvalue weighted by Crippen LogP contribution is 2.22. The van der Waals surface area contributed by atoms with Crippen molar-refractivity contribution in [1.29, 1.82) is 0 Å². The summed E-state index contributed by atoms with van der Waals surface area (Å²) in [5, 5.41) is 7.53. The number of hydrogen-bond acceptors (Lipinski definition) is 2. The van der Waals surface area contributed by atoms with Crippen LogP contribution in [0.25, 0.3) is 0 Å². The molecular formula is C25H31N3OS+2. The number of nitrogens with two attached hydrogens (primary N) is 1. The molecule has 5 heteroatoms. The predicted molar refractivity (Wildman–Crippen MR) is 122 cm³/mol. The molecule has 3 aromatic rings. The number of amides is 1. The van der Waals surface area contributed by atoms with Crippen LogP contribution >= 0.6 is 11.3 Å². The lowest BCUT2D eigenvalue weighted by atomic mass is 10.0. The fraction of sp³-hybridized carbons (Fsp3) is 0.320. The molecule has 3 atom stereocenters. The number of carbonyl (C=O) groups excluding carboxylic acids is 1. The standard InChI is InChI=1S/C25H29N3OS/c1-19-9-11-21(12-10-19)25(23-8-5-15-30-23)26-16-24(29)27-22-13-14-28(18-22)17-20-6-3-2-4-7-20/h2-12,15,22,25-26H,13-14,16-18H2,1H3,(H,27,29)/p+2/t22-,25+/m0/s1. The van der Waals surface area contributed by atoms with E-state index in [-0.39, 0.29) is 18.0 Å². The summed E-state index contributed by atoms with van der Waals surface area (Å²) in [4.78, 5) is 15.5. The van der Waals surface area contributed by atoms with Gasteiger partial charge in [-0.1, -0.05) is 66.2 Å². The highest BCUT2D eigenvalue weighted by atomic mass is 32.1. The van der Waals surface area contributed by atoms with Crippen LogP contribution in [0.2, 0.25) is 0 Å². The SMILES string of the molecule is Cc1ccc([C@@H]([NH2+]CC(=O)N[C@H]2CC[NH+](Cc3ccccc3)C2)c2cccs2)cc1. The van der Waals surface area contributed by atoms with Crippen LogP contribution in [0.5, 0.6) is 0 Å². The van der Waals surface area contributed by atoms with E-state index in [1.165, 1.54) is 21.6 Å². The van der Waals surface area contributed by atoms with E-state index < -0.39 is 0 Å². The Morgan fingerprint density at radius 2 is 1.93 bits per heavy atom. The number of nitrogens with one attached hydrogen (secondary N) is 2. The fourth-order valence-electron chi connectivity index (χ4n) is 4.27. The van der Waals surface area contributed by atoms with E-state index in [4.69, 9.17) is 0 Å². The van der Waals surface area contributed by atoms with Crippen molar-refractivity contribution in [2.45, 2.75) is 32.0 Å². The van der Waals surface area contributed by atoms with Gasteiger partial charge in [0.25, 0.3) is 5.91 Å². The average Bonchev–Trinajstić information content (AvgIpc) is 3.43. The Morgan fingerprint density at radius 3 is 2.67 bits per heavy atom. The molecule has 0 bridgehead atoms. The number of hydrogen-bond donors (Lipinski definition) is 3. The normalized spacial score (nSPS) is 19.5. The van der Waals surface area contributed by atoms with Crippen LogP contribution in [0.3, 0.4) is 0 Å². The smallest absolute Gasteiger partial charge is 0.275 e. The largest absolute Gasteiger partial charge is 0.343 e. The summed E-state index contributed by atoms with van der Waals surface area (Å²) in [5.41, 5.74) is 3.87. The Morgan fingerprint density at radius 1 is 1.13 bits per heavy atom. The van der Waals surface area contributed by atoms with Crippen molar-refractivity contribution in [2.75, 3.05) is 19.6 Å². The summed E-state index contributed by atoms with van der Waals surface area (Å²) in [6.45, 7) is 5.71. The van der Waals surface area contributed by atoms with Gasteiger partial charge in [-0.15, -0.1) is 11.3 Å². The number of aryl methyl sites for hydroxylation is 1. The van der Waals surface area contributed by atoms with Gasteiger partial charge in [0, 0.05) is 17.5 Å². The van der Waals surface area contributed by atoms with Gasteiger partial charge in [-0.25, -0.2) is 0 Å². The highest BCUT2D eigenvalue weighted by molar-refractivity contribution is 7.10. The number of likely N-dealkylation sites (tertiary alicyclic amines) is 1. The Hall–Kier alpha value is -2.47. The van der Waals surface area contributed by atoms with Gasteiger partial charge in [-0.3, -0.25) is 4.79 Å². The lowest BCUT2D eigenvalue weighted by molar-refractivity contribution is -0.901. The molecule has 4 N–H and O–H groups in total. The predicted octanol–water partition coefficient (Wildman–Crippen LogP) is 1.68. The molecule has 1 saturated heterocycles. The zero-order valence-electron chi connectivity index (χ0n) is 17.5. The Bertz CT molecular complexity index is 925. The Labute approximate surface area is 182 Å². The zero-order chi connectivity index (χ0) is 20.8. The number of rotatable bonds is 8. The minimum atomic E-state index is 0.134. The van der Waals surface area contributed by atoms with Gasteiger partial charge in [0.05, 0.1) is 24.0 Å². The van der Waals surface area contributed by atoms with Gasteiger partial charge in [0.1, 0.15) is 12.6 Å². The van der Waals surface area contributed by atoms with Crippen molar-refractivity contribution in [1.82, 2.24) is 5.32 Å². The zero-order valence-corrected chi connectivity index (χ0v) is 18.3. The second-order valence-corrected chi connectivity index (χ2v) is 9.24. The van der Waals surface area contributed by atoms with Crippen LogP contribution in [-0.2, 0) is 11.3 Å². The Kier molecular flexibility index (Phi) is 6.95. The molecule has 0 radical (unpaired) electrons. The lowest BCUT2D eigenvalue weighted by Crippen LogP contribution is -3.09. The summed E-state index contributed by atoms with van der Waals surface area (Å²) in [5.74, 6) is 0.134. The summed E-state index contributed by atoms with van der Waals surface area (Å²) in [6.07, 6.45) is 1.06. The fourth-order valence-corrected chi connectivity index (χ4v) is 5.12. The van der Waals surface area contributed by atoms with E-state index in [9.17, 15) is 4.79 Å². The maximum Gasteiger partial charge on any atom is 0.275 e. The molecule has 156 valence electrons. The van der Waals surface area contributed by atoms with Crippen LogP contribution in [0, 0.1) is 6.92 Å². The van der Waals surface area contributed by atoms with Gasteiger partial charge >= 0.3 is 0 Å². The van der Waals surface area contributed by atoms with Crippen LogP contribution in [0.15, 0.2) is 72.1 Å². The van der Waals surface area contributed by atoms with Crippen molar-refractivity contribution in [2.24, 2.45) is 0 Å². The van der Waals surface area contributed by atoms with Gasteiger partial charge in [0.2, 0.25) is 0 Å². The van der Waals surface area contributed by atoms with E-state index >= 15 is 0 Å². The van der Waals surface area contributed by atoms with Crippen molar-refractivity contribution in [3.63, 3.8) is 0 Å². The molecule has 30 heavy (non-hydrogen) atoms. The van der Waals surface area contributed by atoms with Crippen molar-refractivity contribution < 1.29 is 15.0 Å². The first-order valence-electron chi connectivity index (χ1n) is 10.8. The molecule has 1 aliphatic rings. The van der Waals surface area contributed by atoms with Crippen molar-refractivity contribution in [3.8, 4) is 0 Å². The highest BCUT2D eigenvalue weighted by Gasteiger charge is 2.28. The number of benzene rings is 2. The molecule has 2 aromatic carbocycles. The molecule has 1 amide bonds. The second kappa shape index (κ2) is 10.0. The molecule has 0 saturated carbocycles. The van der Waals surface area contributed by atoms with E-state index in [0.29, 0.717) is 6.54 Å². The second-order valence-electron chi connectivity index (χ2n) is 8.26. The molecule has 4 rings (SSSR count). The van der Waals surface area contributed by atoms with Crippen LogP contribution in [-0.4, -0.2) is 31.6 Å². The molecule has 1 aliphatic heterocycles. The van der Waals surface area contributed by atoms with Crippen LogP contribution in [0.4, 0.5) is 0 Å². The number of quaternary nitrogens is 2. The van der Waals surface area contributed by atoms with Crippen LogP contribution in [0.1, 0.15) is 34.0 Å². The average molecular weight is 422 g/mol. The van der Waals surface area contributed by atoms with E-state index in [2.05, 4.69) is 89.7 Å². The first kappa shape index (κ1) is 20.8. The summed E-state index contributed by atoms with van der Waals surface area (Å²) in [6, 6.07) is 23.9. The molecule has 4 nitrogen and oxygen atoms in total. The molecule has 1 fully saturated rings. The van der Waals surface area contributed by atoms with E-state index in [1.807, 2.05) is 0 Å². The quantitative estimate of drug-likeness (QED) is 0.509. The minimum absolute atomic E-state index is 0.134. The third-order valence-electron chi connectivity index (χ3n) is 5.87. The molecule has 0 aliphatic carbocycles. The maximum absolute atomic E-state index is 12.7. The third kappa shape index (κ3) is 5.57. The topological polar surface area (TPSA) is 50.1 Å². The molecule has 0 spiro atoms. The number of thiophene rings is 1. The Balaban J connectivity index is 1.29.